The first-order chi connectivity index (χ1) is 14.0. The lowest BCUT2D eigenvalue weighted by Gasteiger charge is -2.24. The zero-order valence-corrected chi connectivity index (χ0v) is 17.2. The number of benzene rings is 2. The van der Waals surface area contributed by atoms with Gasteiger partial charge >= 0.3 is 0 Å². The summed E-state index contributed by atoms with van der Waals surface area (Å²) in [4.78, 5) is 40.8. The Morgan fingerprint density at radius 3 is 2.10 bits per heavy atom. The number of hydrogen-bond donors (Lipinski definition) is 0. The van der Waals surface area contributed by atoms with Crippen molar-refractivity contribution in [1.29, 1.82) is 0 Å². The largest absolute Gasteiger partial charge is 0.312 e. The molecule has 3 amide bonds. The molecule has 0 atom stereocenters. The van der Waals surface area contributed by atoms with Gasteiger partial charge in [0.25, 0.3) is 11.8 Å². The molecule has 0 radical (unpaired) electrons. The van der Waals surface area contributed by atoms with Gasteiger partial charge in [-0.1, -0.05) is 43.2 Å². The van der Waals surface area contributed by atoms with Crippen molar-refractivity contribution in [1.82, 2.24) is 4.90 Å². The third kappa shape index (κ3) is 4.73. The number of anilines is 1. The molecule has 0 fully saturated rings. The SMILES string of the molecule is CCCCC(=O)N(CCCCN1C(=O)c2ccccc2C1=O)c1ccc(C)cc1. The predicted octanol–water partition coefficient (Wildman–Crippen LogP) is 4.59. The Bertz CT molecular complexity index is 854. The highest BCUT2D eigenvalue weighted by Gasteiger charge is 2.34. The minimum Gasteiger partial charge on any atom is -0.312 e. The van der Waals surface area contributed by atoms with Crippen LogP contribution in [0, 0.1) is 6.92 Å². The van der Waals surface area contributed by atoms with Crippen LogP contribution in [-0.2, 0) is 4.79 Å². The lowest BCUT2D eigenvalue weighted by Crippen LogP contribution is -2.33. The molecular formula is C24H28N2O3. The van der Waals surface area contributed by atoms with E-state index in [0.717, 1.165) is 30.5 Å². The summed E-state index contributed by atoms with van der Waals surface area (Å²) in [5.74, 6) is -0.323. The molecule has 0 aromatic heterocycles. The van der Waals surface area contributed by atoms with Gasteiger partial charge in [-0.3, -0.25) is 19.3 Å². The lowest BCUT2D eigenvalue weighted by atomic mass is 10.1. The Hall–Kier alpha value is -2.95. The molecule has 0 N–H and O–H groups in total. The van der Waals surface area contributed by atoms with Crippen molar-refractivity contribution < 1.29 is 14.4 Å². The first-order valence-corrected chi connectivity index (χ1v) is 10.3. The van der Waals surface area contributed by atoms with Crippen LogP contribution in [0.4, 0.5) is 5.69 Å². The zero-order chi connectivity index (χ0) is 20.8. The van der Waals surface area contributed by atoms with Gasteiger partial charge in [-0.25, -0.2) is 0 Å². The van der Waals surface area contributed by atoms with Crippen LogP contribution in [0.25, 0.3) is 0 Å². The van der Waals surface area contributed by atoms with Gasteiger partial charge < -0.3 is 4.90 Å². The maximum absolute atomic E-state index is 12.7. The fraction of sp³-hybridized carbons (Fsp3) is 0.375. The first-order valence-electron chi connectivity index (χ1n) is 10.3. The maximum atomic E-state index is 12.7. The molecule has 2 aromatic carbocycles. The Labute approximate surface area is 172 Å². The third-order valence-electron chi connectivity index (χ3n) is 5.28. The molecule has 0 unspecified atom stereocenters. The maximum Gasteiger partial charge on any atom is 0.261 e. The second-order valence-electron chi connectivity index (χ2n) is 7.50. The van der Waals surface area contributed by atoms with Crippen molar-refractivity contribution in [3.63, 3.8) is 0 Å². The number of nitrogens with zero attached hydrogens (tertiary/aromatic N) is 2. The second-order valence-corrected chi connectivity index (χ2v) is 7.50. The highest BCUT2D eigenvalue weighted by Crippen LogP contribution is 2.23. The van der Waals surface area contributed by atoms with Gasteiger partial charge in [0, 0.05) is 25.2 Å². The quantitative estimate of drug-likeness (QED) is 0.463. The van der Waals surface area contributed by atoms with Crippen LogP contribution in [0.5, 0.6) is 0 Å². The number of unbranched alkanes of at least 4 members (excludes halogenated alkanes) is 2. The normalized spacial score (nSPS) is 13.0. The lowest BCUT2D eigenvalue weighted by molar-refractivity contribution is -0.118. The van der Waals surface area contributed by atoms with E-state index in [4.69, 9.17) is 0 Å². The predicted molar refractivity (Wildman–Crippen MR) is 114 cm³/mol. The van der Waals surface area contributed by atoms with Crippen LogP contribution in [-0.4, -0.2) is 35.7 Å². The second kappa shape index (κ2) is 9.50. The number of rotatable bonds is 9. The van der Waals surface area contributed by atoms with Crippen molar-refractivity contribution in [3.05, 3.63) is 65.2 Å². The van der Waals surface area contributed by atoms with Crippen LogP contribution in [0.3, 0.4) is 0 Å². The van der Waals surface area contributed by atoms with Crippen molar-refractivity contribution in [2.75, 3.05) is 18.0 Å². The van der Waals surface area contributed by atoms with Gasteiger partial charge in [0.1, 0.15) is 0 Å². The number of amides is 3. The topological polar surface area (TPSA) is 57.7 Å². The third-order valence-corrected chi connectivity index (χ3v) is 5.28. The Morgan fingerprint density at radius 1 is 0.897 bits per heavy atom. The van der Waals surface area contributed by atoms with Crippen LogP contribution in [0.2, 0.25) is 0 Å². The molecule has 1 aliphatic rings. The number of carbonyl (C=O) groups is 3. The number of fused-ring (bicyclic) bond motifs is 1. The molecular weight excluding hydrogens is 364 g/mol. The summed E-state index contributed by atoms with van der Waals surface area (Å²) in [5, 5.41) is 0. The summed E-state index contributed by atoms with van der Waals surface area (Å²) in [6.45, 7) is 5.05. The number of hydrogen-bond acceptors (Lipinski definition) is 3. The average molecular weight is 392 g/mol. The van der Waals surface area contributed by atoms with E-state index in [0.29, 0.717) is 37.1 Å². The monoisotopic (exact) mass is 392 g/mol. The summed E-state index contributed by atoms with van der Waals surface area (Å²) in [6.07, 6.45) is 3.76. The van der Waals surface area contributed by atoms with Crippen LogP contribution >= 0.6 is 0 Å². The highest BCUT2D eigenvalue weighted by atomic mass is 16.2. The standard InChI is InChI=1S/C24H28N2O3/c1-3-4-11-22(27)25(19-14-12-18(2)13-15-19)16-7-8-17-26-23(28)20-9-5-6-10-21(20)24(26)29/h5-6,9-10,12-15H,3-4,7-8,11,16-17H2,1-2H3. The fourth-order valence-electron chi connectivity index (χ4n) is 3.57. The zero-order valence-electron chi connectivity index (χ0n) is 17.2. The molecule has 5 heteroatoms. The van der Waals surface area contributed by atoms with E-state index < -0.39 is 0 Å². The molecule has 152 valence electrons. The van der Waals surface area contributed by atoms with Crippen LogP contribution < -0.4 is 4.90 Å². The van der Waals surface area contributed by atoms with Gasteiger partial charge in [-0.15, -0.1) is 0 Å². The van der Waals surface area contributed by atoms with Crippen molar-refractivity contribution >= 4 is 23.4 Å². The van der Waals surface area contributed by atoms with Gasteiger partial charge in [-0.05, 0) is 50.5 Å². The molecule has 0 bridgehead atoms. The highest BCUT2D eigenvalue weighted by molar-refractivity contribution is 6.21. The summed E-state index contributed by atoms with van der Waals surface area (Å²) in [7, 11) is 0. The molecule has 2 aromatic rings. The minimum atomic E-state index is -0.222. The van der Waals surface area contributed by atoms with E-state index in [9.17, 15) is 14.4 Å². The molecule has 0 spiro atoms. The van der Waals surface area contributed by atoms with Crippen LogP contribution in [0.15, 0.2) is 48.5 Å². The van der Waals surface area contributed by atoms with Crippen LogP contribution in [0.1, 0.15) is 65.3 Å². The first kappa shape index (κ1) is 20.8. The Kier molecular flexibility index (Phi) is 6.81. The van der Waals surface area contributed by atoms with Crippen molar-refractivity contribution in [3.8, 4) is 0 Å². The Balaban J connectivity index is 1.59. The number of imide groups is 1. The average Bonchev–Trinajstić information content (AvgIpc) is 2.98. The summed E-state index contributed by atoms with van der Waals surface area (Å²) in [6, 6.07) is 14.9. The molecule has 1 heterocycles. The smallest absolute Gasteiger partial charge is 0.261 e. The summed E-state index contributed by atoms with van der Waals surface area (Å²) >= 11 is 0. The fourth-order valence-corrected chi connectivity index (χ4v) is 3.57. The van der Waals surface area contributed by atoms with E-state index in [1.807, 2.05) is 36.1 Å². The summed E-state index contributed by atoms with van der Waals surface area (Å²) in [5.41, 5.74) is 3.01. The van der Waals surface area contributed by atoms with Gasteiger partial charge in [-0.2, -0.15) is 0 Å². The molecule has 1 aliphatic heterocycles. The van der Waals surface area contributed by atoms with E-state index in [2.05, 4.69) is 6.92 Å². The van der Waals surface area contributed by atoms with Crippen molar-refractivity contribution in [2.45, 2.75) is 46.0 Å². The minimum absolute atomic E-state index is 0.122. The molecule has 0 aliphatic carbocycles. The summed E-state index contributed by atoms with van der Waals surface area (Å²) < 4.78 is 0. The molecule has 29 heavy (non-hydrogen) atoms. The van der Waals surface area contributed by atoms with E-state index in [1.54, 1.807) is 24.3 Å². The molecule has 0 saturated carbocycles. The van der Waals surface area contributed by atoms with E-state index >= 15 is 0 Å². The van der Waals surface area contributed by atoms with E-state index in [1.165, 1.54) is 4.90 Å². The number of carbonyl (C=O) groups excluding carboxylic acids is 3. The van der Waals surface area contributed by atoms with E-state index in [-0.39, 0.29) is 17.7 Å². The van der Waals surface area contributed by atoms with Crippen molar-refractivity contribution in [2.24, 2.45) is 0 Å². The Morgan fingerprint density at radius 2 is 1.52 bits per heavy atom. The van der Waals surface area contributed by atoms with Gasteiger partial charge in [0.15, 0.2) is 0 Å². The number of aryl methyl sites for hydroxylation is 1. The van der Waals surface area contributed by atoms with Gasteiger partial charge in [0.05, 0.1) is 11.1 Å². The molecule has 3 rings (SSSR count). The molecule has 0 saturated heterocycles. The van der Waals surface area contributed by atoms with Gasteiger partial charge in [0.2, 0.25) is 5.91 Å². The molecule has 5 nitrogen and oxygen atoms in total.